The fourth-order valence-electron chi connectivity index (χ4n) is 1.94. The lowest BCUT2D eigenvalue weighted by molar-refractivity contribution is 0.408. The number of aromatic nitrogens is 2. The van der Waals surface area contributed by atoms with Gasteiger partial charge in [0.2, 0.25) is 0 Å². The van der Waals surface area contributed by atoms with Gasteiger partial charge < -0.3 is 10.1 Å². The molecule has 0 aliphatic carbocycles. The standard InChI is InChI=1S/C14H13N3OS/c1-18-13-9-15-5-2-10(13)8-17-11-3-6-16-12-4-7-19-14(11)12/h2-7,9H,8H2,1H3,(H,16,17). The number of nitrogens with one attached hydrogen (secondary N) is 1. The molecule has 0 unspecified atom stereocenters. The molecule has 0 fully saturated rings. The number of hydrogen-bond acceptors (Lipinski definition) is 5. The number of ether oxygens (including phenoxy) is 1. The van der Waals surface area contributed by atoms with Crippen LogP contribution in [0.3, 0.4) is 0 Å². The summed E-state index contributed by atoms with van der Waals surface area (Å²) in [4.78, 5) is 8.38. The Labute approximate surface area is 115 Å². The molecule has 19 heavy (non-hydrogen) atoms. The number of anilines is 1. The number of rotatable bonds is 4. The molecule has 3 aromatic rings. The summed E-state index contributed by atoms with van der Waals surface area (Å²) in [5, 5.41) is 5.48. The largest absolute Gasteiger partial charge is 0.495 e. The van der Waals surface area contributed by atoms with Crippen molar-refractivity contribution >= 4 is 27.2 Å². The summed E-state index contributed by atoms with van der Waals surface area (Å²) in [5.74, 6) is 0.798. The van der Waals surface area contributed by atoms with E-state index in [0.717, 1.165) is 22.5 Å². The highest BCUT2D eigenvalue weighted by atomic mass is 32.1. The van der Waals surface area contributed by atoms with Crippen molar-refractivity contribution in [1.82, 2.24) is 9.97 Å². The molecule has 0 saturated heterocycles. The van der Waals surface area contributed by atoms with Gasteiger partial charge in [0, 0.05) is 24.5 Å². The zero-order chi connectivity index (χ0) is 13.1. The van der Waals surface area contributed by atoms with Gasteiger partial charge in [0.15, 0.2) is 0 Å². The van der Waals surface area contributed by atoms with Gasteiger partial charge in [-0.1, -0.05) is 0 Å². The van der Waals surface area contributed by atoms with Crippen LogP contribution >= 0.6 is 11.3 Å². The molecule has 3 aromatic heterocycles. The predicted molar refractivity (Wildman–Crippen MR) is 77.7 cm³/mol. The van der Waals surface area contributed by atoms with Crippen molar-refractivity contribution in [2.24, 2.45) is 0 Å². The number of hydrogen-bond donors (Lipinski definition) is 1. The van der Waals surface area contributed by atoms with Gasteiger partial charge >= 0.3 is 0 Å². The van der Waals surface area contributed by atoms with E-state index < -0.39 is 0 Å². The van der Waals surface area contributed by atoms with E-state index in [0.29, 0.717) is 6.54 Å². The zero-order valence-electron chi connectivity index (χ0n) is 10.5. The molecule has 0 spiro atoms. The van der Waals surface area contributed by atoms with E-state index >= 15 is 0 Å². The Morgan fingerprint density at radius 3 is 3.11 bits per heavy atom. The molecule has 4 nitrogen and oxygen atoms in total. The van der Waals surface area contributed by atoms with Crippen molar-refractivity contribution in [3.63, 3.8) is 0 Å². The molecular formula is C14H13N3OS. The Hall–Kier alpha value is -2.14. The van der Waals surface area contributed by atoms with Crippen molar-refractivity contribution in [1.29, 1.82) is 0 Å². The minimum atomic E-state index is 0.697. The Morgan fingerprint density at radius 1 is 1.26 bits per heavy atom. The van der Waals surface area contributed by atoms with Gasteiger partial charge in [0.25, 0.3) is 0 Å². The van der Waals surface area contributed by atoms with E-state index in [9.17, 15) is 0 Å². The predicted octanol–water partition coefficient (Wildman–Crippen LogP) is 3.31. The van der Waals surface area contributed by atoms with Gasteiger partial charge in [-0.3, -0.25) is 9.97 Å². The summed E-state index contributed by atoms with van der Waals surface area (Å²) < 4.78 is 6.47. The first kappa shape index (κ1) is 11.9. The number of thiophene rings is 1. The quantitative estimate of drug-likeness (QED) is 0.790. The molecule has 0 amide bonds. The monoisotopic (exact) mass is 271 g/mol. The number of methoxy groups -OCH3 is 1. The Kier molecular flexibility index (Phi) is 3.29. The lowest BCUT2D eigenvalue weighted by atomic mass is 10.2. The second kappa shape index (κ2) is 5.24. The van der Waals surface area contributed by atoms with Crippen molar-refractivity contribution < 1.29 is 4.74 Å². The first-order valence-electron chi connectivity index (χ1n) is 5.91. The van der Waals surface area contributed by atoms with Crippen LogP contribution in [-0.2, 0) is 6.54 Å². The van der Waals surface area contributed by atoms with E-state index in [1.807, 2.05) is 24.4 Å². The van der Waals surface area contributed by atoms with E-state index in [-0.39, 0.29) is 0 Å². The molecule has 0 aliphatic rings. The maximum absolute atomic E-state index is 5.29. The molecule has 0 atom stereocenters. The van der Waals surface area contributed by atoms with Crippen LogP contribution in [-0.4, -0.2) is 17.1 Å². The Bertz CT molecular complexity index is 696. The SMILES string of the molecule is COc1cnccc1CNc1ccnc2ccsc12. The van der Waals surface area contributed by atoms with Crippen LogP contribution in [0.15, 0.2) is 42.2 Å². The third-order valence-corrected chi connectivity index (χ3v) is 3.84. The highest BCUT2D eigenvalue weighted by molar-refractivity contribution is 7.17. The van der Waals surface area contributed by atoms with Gasteiger partial charge in [-0.05, 0) is 23.6 Å². The maximum atomic E-state index is 5.29. The van der Waals surface area contributed by atoms with Crippen LogP contribution in [0.4, 0.5) is 5.69 Å². The van der Waals surface area contributed by atoms with Crippen molar-refractivity contribution in [2.75, 3.05) is 12.4 Å². The second-order valence-electron chi connectivity index (χ2n) is 4.03. The summed E-state index contributed by atoms with van der Waals surface area (Å²) in [7, 11) is 1.66. The molecule has 3 rings (SSSR count). The van der Waals surface area contributed by atoms with Crippen LogP contribution in [0.1, 0.15) is 5.56 Å². The van der Waals surface area contributed by atoms with Crippen LogP contribution in [0.25, 0.3) is 10.2 Å². The fraction of sp³-hybridized carbons (Fsp3) is 0.143. The van der Waals surface area contributed by atoms with E-state index in [2.05, 4.69) is 20.7 Å². The van der Waals surface area contributed by atoms with Crippen molar-refractivity contribution in [2.45, 2.75) is 6.54 Å². The normalized spacial score (nSPS) is 10.6. The Balaban J connectivity index is 1.84. The first-order valence-corrected chi connectivity index (χ1v) is 6.79. The molecule has 0 aliphatic heterocycles. The molecule has 5 heteroatoms. The topological polar surface area (TPSA) is 47.0 Å². The summed E-state index contributed by atoms with van der Waals surface area (Å²) in [6, 6.07) is 5.98. The molecule has 1 N–H and O–H groups in total. The van der Waals surface area contributed by atoms with Gasteiger partial charge in [-0.2, -0.15) is 0 Å². The molecule has 0 bridgehead atoms. The van der Waals surface area contributed by atoms with Gasteiger partial charge in [0.05, 0.1) is 29.2 Å². The average Bonchev–Trinajstić information content (AvgIpc) is 2.94. The highest BCUT2D eigenvalue weighted by Crippen LogP contribution is 2.27. The lowest BCUT2D eigenvalue weighted by Gasteiger charge is -2.10. The third-order valence-electron chi connectivity index (χ3n) is 2.90. The lowest BCUT2D eigenvalue weighted by Crippen LogP contribution is -2.02. The Morgan fingerprint density at radius 2 is 2.21 bits per heavy atom. The molecule has 3 heterocycles. The third kappa shape index (κ3) is 2.37. The molecular weight excluding hydrogens is 258 g/mol. The number of pyridine rings is 2. The first-order chi connectivity index (χ1) is 9.38. The van der Waals surface area contributed by atoms with Gasteiger partial charge in [-0.15, -0.1) is 11.3 Å². The zero-order valence-corrected chi connectivity index (χ0v) is 11.3. The van der Waals surface area contributed by atoms with E-state index in [1.54, 1.807) is 30.8 Å². The van der Waals surface area contributed by atoms with Crippen LogP contribution in [0.5, 0.6) is 5.75 Å². The van der Waals surface area contributed by atoms with E-state index in [1.165, 1.54) is 4.70 Å². The smallest absolute Gasteiger partial charge is 0.142 e. The van der Waals surface area contributed by atoms with Crippen LogP contribution in [0, 0.1) is 0 Å². The summed E-state index contributed by atoms with van der Waals surface area (Å²) in [6.45, 7) is 0.697. The second-order valence-corrected chi connectivity index (χ2v) is 4.95. The summed E-state index contributed by atoms with van der Waals surface area (Å²) >= 11 is 1.69. The van der Waals surface area contributed by atoms with Crippen molar-refractivity contribution in [3.8, 4) is 5.75 Å². The highest BCUT2D eigenvalue weighted by Gasteiger charge is 2.05. The molecule has 0 saturated carbocycles. The van der Waals surface area contributed by atoms with E-state index in [4.69, 9.17) is 4.74 Å². The molecule has 96 valence electrons. The fourth-order valence-corrected chi connectivity index (χ4v) is 2.78. The molecule has 0 radical (unpaired) electrons. The summed E-state index contributed by atoms with van der Waals surface area (Å²) in [5.41, 5.74) is 3.20. The minimum Gasteiger partial charge on any atom is -0.495 e. The van der Waals surface area contributed by atoms with Gasteiger partial charge in [0.1, 0.15) is 5.75 Å². The van der Waals surface area contributed by atoms with Crippen molar-refractivity contribution in [3.05, 3.63) is 47.7 Å². The van der Waals surface area contributed by atoms with Crippen LogP contribution in [0.2, 0.25) is 0 Å². The average molecular weight is 271 g/mol. The van der Waals surface area contributed by atoms with Gasteiger partial charge in [-0.25, -0.2) is 0 Å². The van der Waals surface area contributed by atoms with Crippen LogP contribution < -0.4 is 10.1 Å². The number of nitrogens with zero attached hydrogens (tertiary/aromatic N) is 2. The number of fused-ring (bicyclic) bond motifs is 1. The maximum Gasteiger partial charge on any atom is 0.142 e. The molecule has 0 aromatic carbocycles. The summed E-state index contributed by atoms with van der Waals surface area (Å²) in [6.07, 6.45) is 5.32. The minimum absolute atomic E-state index is 0.697.